The number of hydrogen-bond acceptors (Lipinski definition) is 2. The zero-order chi connectivity index (χ0) is 6.54. The average molecular weight is 127 g/mol. The fourth-order valence-corrected chi connectivity index (χ4v) is 2.11. The van der Waals surface area contributed by atoms with Gasteiger partial charge in [0.15, 0.2) is 0 Å². The van der Waals surface area contributed by atoms with E-state index in [1.165, 1.54) is 6.42 Å². The quantitative estimate of drug-likeness (QED) is 0.519. The van der Waals surface area contributed by atoms with Gasteiger partial charge in [-0.05, 0) is 11.8 Å². The highest BCUT2D eigenvalue weighted by atomic mass is 16.3. The maximum Gasteiger partial charge on any atom is 0.0505 e. The maximum absolute atomic E-state index is 8.99. The van der Waals surface area contributed by atoms with Crippen LogP contribution in [-0.2, 0) is 0 Å². The number of aliphatic hydroxyl groups is 1. The number of piperidine rings is 1. The fraction of sp³-hybridized carbons (Fsp3) is 1.00. The third-order valence-corrected chi connectivity index (χ3v) is 3.17. The molecule has 9 heavy (non-hydrogen) atoms. The summed E-state index contributed by atoms with van der Waals surface area (Å²) in [6.45, 7) is 4.76. The van der Waals surface area contributed by atoms with Gasteiger partial charge in [-0.15, -0.1) is 0 Å². The van der Waals surface area contributed by atoms with Gasteiger partial charge in [0.2, 0.25) is 0 Å². The highest BCUT2D eigenvalue weighted by molar-refractivity contribution is 5.17. The molecule has 1 aliphatic carbocycles. The second-order valence-corrected chi connectivity index (χ2v) is 3.78. The molecule has 0 radical (unpaired) electrons. The van der Waals surface area contributed by atoms with Gasteiger partial charge in [-0.1, -0.05) is 6.92 Å². The maximum atomic E-state index is 8.99. The van der Waals surface area contributed by atoms with E-state index >= 15 is 0 Å². The van der Waals surface area contributed by atoms with Gasteiger partial charge < -0.3 is 10.4 Å². The van der Waals surface area contributed by atoms with Crippen LogP contribution in [0, 0.1) is 10.8 Å². The first kappa shape index (κ1) is 5.69. The monoisotopic (exact) mass is 127 g/mol. The molecule has 2 atom stereocenters. The van der Waals surface area contributed by atoms with E-state index in [1.54, 1.807) is 0 Å². The first-order valence-corrected chi connectivity index (χ1v) is 3.54. The molecule has 0 aromatic rings. The standard InChI is InChI=1S/C7H13NO/c1-6-2-7(6,5-9)4-8-3-6/h8-9H,2-5H2,1H3/t6-,7+/m0/s1. The van der Waals surface area contributed by atoms with Crippen molar-refractivity contribution in [3.63, 3.8) is 0 Å². The summed E-state index contributed by atoms with van der Waals surface area (Å²) in [7, 11) is 0. The Balaban J connectivity index is 2.19. The minimum atomic E-state index is 0.285. The molecule has 2 fully saturated rings. The van der Waals surface area contributed by atoms with Crippen molar-refractivity contribution in [2.24, 2.45) is 10.8 Å². The molecule has 0 unspecified atom stereocenters. The number of hydrogen-bond donors (Lipinski definition) is 2. The smallest absolute Gasteiger partial charge is 0.0505 e. The van der Waals surface area contributed by atoms with Gasteiger partial charge in [0.05, 0.1) is 6.61 Å². The Kier molecular flexibility index (Phi) is 0.837. The van der Waals surface area contributed by atoms with Gasteiger partial charge in [0.25, 0.3) is 0 Å². The third kappa shape index (κ3) is 0.485. The molecule has 2 nitrogen and oxygen atoms in total. The van der Waals surface area contributed by atoms with Crippen molar-refractivity contribution < 1.29 is 5.11 Å². The minimum absolute atomic E-state index is 0.285. The van der Waals surface area contributed by atoms with Crippen molar-refractivity contribution in [2.45, 2.75) is 13.3 Å². The van der Waals surface area contributed by atoms with Gasteiger partial charge in [-0.25, -0.2) is 0 Å². The van der Waals surface area contributed by atoms with Crippen LogP contribution in [0.1, 0.15) is 13.3 Å². The van der Waals surface area contributed by atoms with E-state index in [-0.39, 0.29) is 5.41 Å². The molecule has 0 spiro atoms. The molecule has 1 saturated heterocycles. The van der Waals surface area contributed by atoms with Gasteiger partial charge >= 0.3 is 0 Å². The van der Waals surface area contributed by atoms with Crippen LogP contribution in [0.25, 0.3) is 0 Å². The van der Waals surface area contributed by atoms with Crippen LogP contribution in [0.5, 0.6) is 0 Å². The summed E-state index contributed by atoms with van der Waals surface area (Å²) < 4.78 is 0. The summed E-state index contributed by atoms with van der Waals surface area (Å²) in [6, 6.07) is 0. The zero-order valence-corrected chi connectivity index (χ0v) is 5.78. The van der Waals surface area contributed by atoms with Gasteiger partial charge in [0.1, 0.15) is 0 Å². The predicted octanol–water partition coefficient (Wildman–Crippen LogP) is -0.0217. The molecular formula is C7H13NO. The molecule has 0 aromatic carbocycles. The van der Waals surface area contributed by atoms with Crippen LogP contribution in [0.15, 0.2) is 0 Å². The summed E-state index contributed by atoms with van der Waals surface area (Å²) in [5.41, 5.74) is 0.731. The molecule has 2 aliphatic rings. The van der Waals surface area contributed by atoms with E-state index in [1.807, 2.05) is 0 Å². The van der Waals surface area contributed by atoms with Crippen molar-refractivity contribution in [1.29, 1.82) is 0 Å². The molecule has 0 amide bonds. The Hall–Kier alpha value is -0.0800. The summed E-state index contributed by atoms with van der Waals surface area (Å²) in [5.74, 6) is 0. The minimum Gasteiger partial charge on any atom is -0.396 e. The largest absolute Gasteiger partial charge is 0.396 e. The number of fused-ring (bicyclic) bond motifs is 1. The van der Waals surface area contributed by atoms with E-state index in [0.717, 1.165) is 13.1 Å². The first-order chi connectivity index (χ1) is 4.22. The van der Waals surface area contributed by atoms with E-state index in [0.29, 0.717) is 12.0 Å². The normalized spacial score (nSPS) is 55.3. The Bertz CT molecular complexity index is 144. The first-order valence-electron chi connectivity index (χ1n) is 3.54. The highest BCUT2D eigenvalue weighted by Gasteiger charge is 2.66. The fourth-order valence-electron chi connectivity index (χ4n) is 2.11. The van der Waals surface area contributed by atoms with Gasteiger partial charge in [0, 0.05) is 18.5 Å². The summed E-state index contributed by atoms with van der Waals surface area (Å²) in [4.78, 5) is 0. The van der Waals surface area contributed by atoms with Crippen LogP contribution in [0.2, 0.25) is 0 Å². The van der Waals surface area contributed by atoms with Gasteiger partial charge in [-0.3, -0.25) is 0 Å². The van der Waals surface area contributed by atoms with Crippen LogP contribution in [-0.4, -0.2) is 24.8 Å². The molecule has 52 valence electrons. The molecule has 2 heteroatoms. The van der Waals surface area contributed by atoms with Crippen LogP contribution in [0.4, 0.5) is 0 Å². The summed E-state index contributed by atoms with van der Waals surface area (Å²) >= 11 is 0. The molecular weight excluding hydrogens is 114 g/mol. The molecule has 0 bridgehead atoms. The van der Waals surface area contributed by atoms with E-state index in [4.69, 9.17) is 5.11 Å². The lowest BCUT2D eigenvalue weighted by atomic mass is 10.00. The van der Waals surface area contributed by atoms with Gasteiger partial charge in [-0.2, -0.15) is 0 Å². The summed E-state index contributed by atoms with van der Waals surface area (Å²) in [6.07, 6.45) is 1.23. The van der Waals surface area contributed by atoms with Crippen molar-refractivity contribution in [3.8, 4) is 0 Å². The average Bonchev–Trinajstić information content (AvgIpc) is 2.29. The second-order valence-electron chi connectivity index (χ2n) is 3.78. The van der Waals surface area contributed by atoms with E-state index in [2.05, 4.69) is 12.2 Å². The van der Waals surface area contributed by atoms with Crippen LogP contribution >= 0.6 is 0 Å². The van der Waals surface area contributed by atoms with Crippen molar-refractivity contribution in [1.82, 2.24) is 5.32 Å². The lowest BCUT2D eigenvalue weighted by molar-refractivity contribution is 0.201. The number of nitrogens with one attached hydrogen (secondary N) is 1. The Labute approximate surface area is 55.3 Å². The van der Waals surface area contributed by atoms with Crippen LogP contribution in [0.3, 0.4) is 0 Å². The predicted molar refractivity (Wildman–Crippen MR) is 35.1 cm³/mol. The number of rotatable bonds is 1. The molecule has 1 aliphatic heterocycles. The highest BCUT2D eigenvalue weighted by Crippen LogP contribution is 2.65. The molecule has 1 saturated carbocycles. The SMILES string of the molecule is C[C@]12CNC[C@@]1(CO)C2. The molecule has 2 N–H and O–H groups in total. The van der Waals surface area contributed by atoms with E-state index < -0.39 is 0 Å². The molecule has 1 heterocycles. The van der Waals surface area contributed by atoms with Crippen molar-refractivity contribution in [2.75, 3.05) is 19.7 Å². The number of aliphatic hydroxyl groups excluding tert-OH is 1. The Morgan fingerprint density at radius 3 is 2.56 bits per heavy atom. The molecule has 0 aromatic heterocycles. The molecule has 2 rings (SSSR count). The van der Waals surface area contributed by atoms with Crippen molar-refractivity contribution in [3.05, 3.63) is 0 Å². The Morgan fingerprint density at radius 1 is 1.56 bits per heavy atom. The lowest BCUT2D eigenvalue weighted by Gasteiger charge is -2.07. The van der Waals surface area contributed by atoms with Crippen LogP contribution < -0.4 is 5.32 Å². The topological polar surface area (TPSA) is 32.3 Å². The zero-order valence-electron chi connectivity index (χ0n) is 5.78. The van der Waals surface area contributed by atoms with E-state index in [9.17, 15) is 0 Å². The lowest BCUT2D eigenvalue weighted by Crippen LogP contribution is -2.18. The van der Waals surface area contributed by atoms with Crippen molar-refractivity contribution >= 4 is 0 Å². The summed E-state index contributed by atoms with van der Waals surface area (Å²) in [5, 5.41) is 12.3. The second kappa shape index (κ2) is 1.32. The third-order valence-electron chi connectivity index (χ3n) is 3.17. The Morgan fingerprint density at radius 2 is 2.33 bits per heavy atom.